The van der Waals surface area contributed by atoms with Crippen LogP contribution in [0.4, 0.5) is 0 Å². The van der Waals surface area contributed by atoms with E-state index in [0.29, 0.717) is 0 Å². The molecule has 11 heavy (non-hydrogen) atoms. The number of carbonyl (C=O) groups excluding carboxylic acids is 2. The van der Waals surface area contributed by atoms with Gasteiger partial charge >= 0.3 is 0 Å². The van der Waals surface area contributed by atoms with Crippen molar-refractivity contribution in [2.45, 2.75) is 13.3 Å². The van der Waals surface area contributed by atoms with Crippen LogP contribution in [0, 0.1) is 0 Å². The van der Waals surface area contributed by atoms with E-state index < -0.39 is 5.78 Å². The zero-order valence-corrected chi connectivity index (χ0v) is 6.16. The zero-order valence-electron chi connectivity index (χ0n) is 6.16. The fourth-order valence-corrected chi connectivity index (χ4v) is 0.748. The number of furan rings is 1. The SMILES string of the molecule is CCc1coc(C(=O)C=O)c1. The highest BCUT2D eigenvalue weighted by molar-refractivity contribution is 6.32. The fraction of sp³-hybridized carbons (Fsp3) is 0.250. The summed E-state index contributed by atoms with van der Waals surface area (Å²) in [7, 11) is 0. The van der Waals surface area contributed by atoms with Crippen LogP contribution in [0.2, 0.25) is 0 Å². The van der Waals surface area contributed by atoms with Crippen molar-refractivity contribution in [3.63, 3.8) is 0 Å². The molecule has 0 bridgehead atoms. The zero-order chi connectivity index (χ0) is 8.27. The number of aldehydes is 1. The van der Waals surface area contributed by atoms with Gasteiger partial charge < -0.3 is 4.42 Å². The maximum Gasteiger partial charge on any atom is 0.260 e. The Morgan fingerprint density at radius 3 is 2.91 bits per heavy atom. The molecule has 1 rings (SSSR count). The normalized spacial score (nSPS) is 9.55. The lowest BCUT2D eigenvalue weighted by Gasteiger charge is -1.80. The van der Waals surface area contributed by atoms with Crippen LogP contribution in [-0.2, 0) is 11.2 Å². The fourth-order valence-electron chi connectivity index (χ4n) is 0.748. The number of carbonyl (C=O) groups is 2. The molecule has 0 fully saturated rings. The molecule has 0 radical (unpaired) electrons. The molecule has 0 aromatic carbocycles. The van der Waals surface area contributed by atoms with E-state index in [1.807, 2.05) is 6.92 Å². The van der Waals surface area contributed by atoms with Gasteiger partial charge in [-0.25, -0.2) is 0 Å². The number of hydrogen-bond acceptors (Lipinski definition) is 3. The van der Waals surface area contributed by atoms with Gasteiger partial charge in [0.15, 0.2) is 12.0 Å². The molecule has 1 heterocycles. The van der Waals surface area contributed by atoms with Gasteiger partial charge in [-0.3, -0.25) is 9.59 Å². The number of Topliss-reactive ketones (excluding diaryl/α,β-unsaturated/α-hetero) is 1. The number of hydrogen-bond donors (Lipinski definition) is 0. The van der Waals surface area contributed by atoms with E-state index >= 15 is 0 Å². The second kappa shape index (κ2) is 3.14. The van der Waals surface area contributed by atoms with E-state index in [9.17, 15) is 9.59 Å². The highest BCUT2D eigenvalue weighted by atomic mass is 16.3. The molecule has 1 aromatic heterocycles. The topological polar surface area (TPSA) is 47.3 Å². The third-order valence-electron chi connectivity index (χ3n) is 1.41. The largest absolute Gasteiger partial charge is 0.460 e. The van der Waals surface area contributed by atoms with Crippen molar-refractivity contribution in [3.05, 3.63) is 23.7 Å². The Kier molecular flexibility index (Phi) is 2.21. The third-order valence-corrected chi connectivity index (χ3v) is 1.41. The summed E-state index contributed by atoms with van der Waals surface area (Å²) in [5.41, 5.74) is 0.926. The lowest BCUT2D eigenvalue weighted by Crippen LogP contribution is -1.96. The molecular formula is C8H8O3. The summed E-state index contributed by atoms with van der Waals surface area (Å²) in [5.74, 6) is -0.485. The lowest BCUT2D eigenvalue weighted by molar-refractivity contribution is -0.104. The molecule has 0 saturated heterocycles. The van der Waals surface area contributed by atoms with Gasteiger partial charge in [0.1, 0.15) is 0 Å². The van der Waals surface area contributed by atoms with Gasteiger partial charge in [0.25, 0.3) is 5.78 Å². The Bertz CT molecular complexity index is 273. The van der Waals surface area contributed by atoms with E-state index in [1.54, 1.807) is 6.07 Å². The molecule has 0 unspecified atom stereocenters. The molecule has 0 aliphatic heterocycles. The van der Waals surface area contributed by atoms with Gasteiger partial charge in [-0.2, -0.15) is 0 Å². The van der Waals surface area contributed by atoms with Crippen LogP contribution in [0.15, 0.2) is 16.7 Å². The molecule has 1 aromatic rings. The standard InChI is InChI=1S/C8H8O3/c1-2-6-3-8(11-5-6)7(10)4-9/h3-5H,2H2,1H3. The Labute approximate surface area is 64.0 Å². The molecule has 58 valence electrons. The molecule has 0 aliphatic carbocycles. The monoisotopic (exact) mass is 152 g/mol. The minimum Gasteiger partial charge on any atom is -0.460 e. The second-order valence-electron chi connectivity index (χ2n) is 2.15. The van der Waals surface area contributed by atoms with Gasteiger partial charge in [0, 0.05) is 0 Å². The summed E-state index contributed by atoms with van der Waals surface area (Å²) in [6.45, 7) is 1.94. The van der Waals surface area contributed by atoms with Crippen LogP contribution in [-0.4, -0.2) is 12.1 Å². The first-order valence-electron chi connectivity index (χ1n) is 3.35. The van der Waals surface area contributed by atoms with Crippen molar-refractivity contribution in [2.75, 3.05) is 0 Å². The molecular weight excluding hydrogens is 144 g/mol. The van der Waals surface area contributed by atoms with Crippen LogP contribution in [0.3, 0.4) is 0 Å². The van der Waals surface area contributed by atoms with E-state index in [-0.39, 0.29) is 12.0 Å². The molecule has 0 spiro atoms. The van der Waals surface area contributed by atoms with E-state index in [4.69, 9.17) is 4.42 Å². The number of aryl methyl sites for hydroxylation is 1. The maximum absolute atomic E-state index is 10.7. The van der Waals surface area contributed by atoms with Crippen molar-refractivity contribution in [2.24, 2.45) is 0 Å². The minimum atomic E-state index is -0.607. The van der Waals surface area contributed by atoms with Gasteiger partial charge in [-0.1, -0.05) is 6.92 Å². The lowest BCUT2D eigenvalue weighted by atomic mass is 10.2. The summed E-state index contributed by atoms with van der Waals surface area (Å²) < 4.78 is 4.83. The Morgan fingerprint density at radius 1 is 1.73 bits per heavy atom. The van der Waals surface area contributed by atoms with E-state index in [1.165, 1.54) is 6.26 Å². The van der Waals surface area contributed by atoms with Crippen LogP contribution in [0.25, 0.3) is 0 Å². The number of rotatable bonds is 3. The summed E-state index contributed by atoms with van der Waals surface area (Å²) in [6.07, 6.45) is 2.53. The third kappa shape index (κ3) is 1.55. The van der Waals surface area contributed by atoms with Crippen molar-refractivity contribution in [1.82, 2.24) is 0 Å². The Hall–Kier alpha value is -1.38. The first kappa shape index (κ1) is 7.72. The first-order valence-corrected chi connectivity index (χ1v) is 3.35. The van der Waals surface area contributed by atoms with Crippen LogP contribution < -0.4 is 0 Å². The summed E-state index contributed by atoms with van der Waals surface area (Å²) in [4.78, 5) is 20.7. The summed E-state index contributed by atoms with van der Waals surface area (Å²) in [6, 6.07) is 1.58. The second-order valence-corrected chi connectivity index (χ2v) is 2.15. The predicted molar refractivity (Wildman–Crippen MR) is 38.5 cm³/mol. The van der Waals surface area contributed by atoms with Gasteiger partial charge in [-0.05, 0) is 18.1 Å². The van der Waals surface area contributed by atoms with E-state index in [0.717, 1.165) is 12.0 Å². The Morgan fingerprint density at radius 2 is 2.45 bits per heavy atom. The van der Waals surface area contributed by atoms with Crippen LogP contribution in [0.1, 0.15) is 23.0 Å². The predicted octanol–water partition coefficient (Wildman–Crippen LogP) is 1.22. The van der Waals surface area contributed by atoms with Gasteiger partial charge in [0.2, 0.25) is 0 Å². The summed E-state index contributed by atoms with van der Waals surface area (Å²) >= 11 is 0. The van der Waals surface area contributed by atoms with Crippen LogP contribution >= 0.6 is 0 Å². The van der Waals surface area contributed by atoms with Crippen LogP contribution in [0.5, 0.6) is 0 Å². The summed E-state index contributed by atoms with van der Waals surface area (Å²) in [5, 5.41) is 0. The van der Waals surface area contributed by atoms with Crippen molar-refractivity contribution in [1.29, 1.82) is 0 Å². The highest BCUT2D eigenvalue weighted by Gasteiger charge is 2.08. The van der Waals surface area contributed by atoms with Gasteiger partial charge in [0.05, 0.1) is 6.26 Å². The van der Waals surface area contributed by atoms with E-state index in [2.05, 4.69) is 0 Å². The average Bonchev–Trinajstić information content (AvgIpc) is 2.50. The molecule has 3 nitrogen and oxygen atoms in total. The Balaban J connectivity index is 2.88. The quantitative estimate of drug-likeness (QED) is 0.371. The average molecular weight is 152 g/mol. The van der Waals surface area contributed by atoms with Crippen molar-refractivity contribution in [3.8, 4) is 0 Å². The molecule has 0 atom stereocenters. The molecule has 0 saturated carbocycles. The molecule has 3 heteroatoms. The highest BCUT2D eigenvalue weighted by Crippen LogP contribution is 2.07. The smallest absolute Gasteiger partial charge is 0.260 e. The molecule has 0 aliphatic rings. The number of ketones is 1. The maximum atomic E-state index is 10.7. The van der Waals surface area contributed by atoms with Gasteiger partial charge in [-0.15, -0.1) is 0 Å². The van der Waals surface area contributed by atoms with Crippen molar-refractivity contribution >= 4 is 12.1 Å². The first-order chi connectivity index (χ1) is 5.27. The molecule has 0 amide bonds. The molecule has 0 N–H and O–H groups in total. The minimum absolute atomic E-state index is 0.122. The van der Waals surface area contributed by atoms with Crippen molar-refractivity contribution < 1.29 is 14.0 Å².